The van der Waals surface area contributed by atoms with Gasteiger partial charge in [0.2, 0.25) is 0 Å². The van der Waals surface area contributed by atoms with Gasteiger partial charge < -0.3 is 10.8 Å². The van der Waals surface area contributed by atoms with E-state index in [1.54, 1.807) is 0 Å². The molecule has 2 nitrogen and oxygen atoms in total. The van der Waals surface area contributed by atoms with Crippen molar-refractivity contribution in [2.24, 2.45) is 5.73 Å². The normalized spacial score (nSPS) is 13.3. The predicted octanol–water partition coefficient (Wildman–Crippen LogP) is 1.62. The molecule has 0 aliphatic carbocycles. The fraction of sp³-hybridized carbons (Fsp3) is 0.333. The Labute approximate surface area is 75.0 Å². The van der Waals surface area contributed by atoms with Crippen LogP contribution >= 0.6 is 0 Å². The molecule has 13 heavy (non-hydrogen) atoms. The number of nitrogens with two attached hydrogens (primary N) is 1. The van der Waals surface area contributed by atoms with Gasteiger partial charge in [-0.1, -0.05) is 24.3 Å². The summed E-state index contributed by atoms with van der Waals surface area (Å²) in [5.41, 5.74) is 6.11. The molecule has 0 fully saturated rings. The van der Waals surface area contributed by atoms with Crippen LogP contribution in [0.1, 0.15) is 23.6 Å². The first-order valence-corrected chi connectivity index (χ1v) is 3.89. The van der Waals surface area contributed by atoms with E-state index in [0.29, 0.717) is 5.56 Å². The Bertz CT molecular complexity index is 261. The highest BCUT2D eigenvalue weighted by Gasteiger charge is 2.08. The topological polar surface area (TPSA) is 46.2 Å². The summed E-state index contributed by atoms with van der Waals surface area (Å²) in [7, 11) is 0. The zero-order chi connectivity index (χ0) is 9.84. The van der Waals surface area contributed by atoms with Crippen molar-refractivity contribution in [2.45, 2.75) is 12.5 Å². The summed E-state index contributed by atoms with van der Waals surface area (Å²) < 4.78 is 24.2. The molecule has 0 spiro atoms. The smallest absolute Gasteiger partial charge is 0.263 e. The highest BCUT2D eigenvalue weighted by atomic mass is 19.3. The maximum absolute atomic E-state index is 12.1. The molecule has 0 saturated heterocycles. The van der Waals surface area contributed by atoms with Crippen LogP contribution in [0, 0.1) is 0 Å². The average molecular weight is 187 g/mol. The molecule has 72 valence electrons. The van der Waals surface area contributed by atoms with Crippen molar-refractivity contribution in [1.29, 1.82) is 0 Å². The number of hydrogen-bond donors (Lipinski definition) is 2. The van der Waals surface area contributed by atoms with Crippen LogP contribution < -0.4 is 5.73 Å². The van der Waals surface area contributed by atoms with Crippen LogP contribution in [0.4, 0.5) is 8.78 Å². The van der Waals surface area contributed by atoms with Gasteiger partial charge in [0.25, 0.3) is 6.43 Å². The number of benzene rings is 1. The van der Waals surface area contributed by atoms with Gasteiger partial charge in [-0.05, 0) is 5.56 Å². The van der Waals surface area contributed by atoms with E-state index in [2.05, 4.69) is 0 Å². The quantitative estimate of drug-likeness (QED) is 0.755. The lowest BCUT2D eigenvalue weighted by Crippen LogP contribution is -2.14. The first-order valence-electron chi connectivity index (χ1n) is 3.89. The molecule has 4 heteroatoms. The number of alkyl halides is 2. The third-order valence-corrected chi connectivity index (χ3v) is 1.81. The molecule has 1 aromatic rings. The van der Waals surface area contributed by atoms with E-state index in [1.165, 1.54) is 24.3 Å². The Morgan fingerprint density at radius 3 is 2.00 bits per heavy atom. The van der Waals surface area contributed by atoms with Gasteiger partial charge in [-0.3, -0.25) is 0 Å². The van der Waals surface area contributed by atoms with Crippen molar-refractivity contribution in [3.63, 3.8) is 0 Å². The van der Waals surface area contributed by atoms with Crippen LogP contribution in [-0.4, -0.2) is 11.7 Å². The first-order chi connectivity index (χ1) is 6.15. The number of rotatable bonds is 3. The Kier molecular flexibility index (Phi) is 3.33. The van der Waals surface area contributed by atoms with Crippen molar-refractivity contribution >= 4 is 0 Å². The zero-order valence-corrected chi connectivity index (χ0v) is 6.95. The molecule has 1 rings (SSSR count). The average Bonchev–Trinajstić information content (AvgIpc) is 2.17. The van der Waals surface area contributed by atoms with E-state index in [1.807, 2.05) is 0 Å². The predicted molar refractivity (Wildman–Crippen MR) is 45.4 cm³/mol. The molecule has 0 unspecified atom stereocenters. The number of aliphatic hydroxyl groups is 1. The Hall–Kier alpha value is -1.00. The summed E-state index contributed by atoms with van der Waals surface area (Å²) in [4.78, 5) is 0. The first kappa shape index (κ1) is 10.1. The van der Waals surface area contributed by atoms with Crippen molar-refractivity contribution < 1.29 is 13.9 Å². The molecule has 1 atom stereocenters. The summed E-state index contributed by atoms with van der Waals surface area (Å²) in [6, 6.07) is 5.14. The van der Waals surface area contributed by atoms with E-state index in [9.17, 15) is 8.78 Å². The summed E-state index contributed by atoms with van der Waals surface area (Å²) >= 11 is 0. The highest BCUT2D eigenvalue weighted by molar-refractivity contribution is 5.25. The van der Waals surface area contributed by atoms with Crippen LogP contribution in [0.5, 0.6) is 0 Å². The van der Waals surface area contributed by atoms with E-state index >= 15 is 0 Å². The molecule has 0 aromatic heterocycles. The molecule has 0 heterocycles. The standard InChI is InChI=1S/C9H11F2NO/c10-9(11)7-3-1-6(2-4-7)8(12)5-13/h1-4,8-9,13H,5,12H2/t8-/m0/s1. The molecule has 0 saturated carbocycles. The van der Waals surface area contributed by atoms with Gasteiger partial charge in [-0.15, -0.1) is 0 Å². The Morgan fingerprint density at radius 1 is 1.15 bits per heavy atom. The minimum absolute atomic E-state index is 0.0334. The lowest BCUT2D eigenvalue weighted by molar-refractivity contribution is 0.151. The Balaban J connectivity index is 2.81. The monoisotopic (exact) mass is 187 g/mol. The van der Waals surface area contributed by atoms with E-state index in [-0.39, 0.29) is 12.2 Å². The third-order valence-electron chi connectivity index (χ3n) is 1.81. The lowest BCUT2D eigenvalue weighted by Gasteiger charge is -2.08. The Morgan fingerprint density at radius 2 is 1.62 bits per heavy atom. The van der Waals surface area contributed by atoms with Crippen LogP contribution in [0.15, 0.2) is 24.3 Å². The fourth-order valence-electron chi connectivity index (χ4n) is 0.994. The minimum Gasteiger partial charge on any atom is -0.394 e. The van der Waals surface area contributed by atoms with E-state index in [4.69, 9.17) is 10.8 Å². The second-order valence-corrected chi connectivity index (χ2v) is 2.76. The largest absolute Gasteiger partial charge is 0.394 e. The van der Waals surface area contributed by atoms with Crippen molar-refractivity contribution in [1.82, 2.24) is 0 Å². The van der Waals surface area contributed by atoms with Gasteiger partial charge in [0.05, 0.1) is 12.6 Å². The van der Waals surface area contributed by atoms with Gasteiger partial charge in [-0.2, -0.15) is 0 Å². The zero-order valence-electron chi connectivity index (χ0n) is 6.95. The van der Waals surface area contributed by atoms with Gasteiger partial charge in [0.1, 0.15) is 0 Å². The molecule has 0 amide bonds. The van der Waals surface area contributed by atoms with Crippen LogP contribution in [0.2, 0.25) is 0 Å². The molecule has 1 aromatic carbocycles. The SMILES string of the molecule is N[C@@H](CO)c1ccc(C(F)F)cc1. The minimum atomic E-state index is -2.46. The summed E-state index contributed by atoms with van der Waals surface area (Å²) in [6.07, 6.45) is -2.46. The number of hydrogen-bond acceptors (Lipinski definition) is 2. The molecule has 0 aliphatic heterocycles. The number of halogens is 2. The fourth-order valence-corrected chi connectivity index (χ4v) is 0.994. The van der Waals surface area contributed by atoms with E-state index < -0.39 is 12.5 Å². The van der Waals surface area contributed by atoms with Crippen molar-refractivity contribution in [3.05, 3.63) is 35.4 Å². The molecule has 3 N–H and O–H groups in total. The summed E-state index contributed by atoms with van der Waals surface area (Å²) in [5.74, 6) is 0. The highest BCUT2D eigenvalue weighted by Crippen LogP contribution is 2.20. The van der Waals surface area contributed by atoms with Gasteiger partial charge in [0, 0.05) is 5.56 Å². The summed E-state index contributed by atoms with van der Waals surface area (Å²) in [5, 5.41) is 8.69. The molecular weight excluding hydrogens is 176 g/mol. The van der Waals surface area contributed by atoms with Crippen LogP contribution in [0.3, 0.4) is 0 Å². The lowest BCUT2D eigenvalue weighted by atomic mass is 10.1. The molecule has 0 radical (unpaired) electrons. The second-order valence-electron chi connectivity index (χ2n) is 2.76. The second kappa shape index (κ2) is 4.30. The van der Waals surface area contributed by atoms with Crippen LogP contribution in [0.25, 0.3) is 0 Å². The molecule has 0 aliphatic rings. The van der Waals surface area contributed by atoms with Gasteiger partial charge in [-0.25, -0.2) is 8.78 Å². The third kappa shape index (κ3) is 2.47. The van der Waals surface area contributed by atoms with Gasteiger partial charge in [0.15, 0.2) is 0 Å². The van der Waals surface area contributed by atoms with Crippen molar-refractivity contribution in [3.8, 4) is 0 Å². The molecule has 0 bridgehead atoms. The van der Waals surface area contributed by atoms with Crippen LogP contribution in [-0.2, 0) is 0 Å². The van der Waals surface area contributed by atoms with E-state index in [0.717, 1.165) is 0 Å². The number of aliphatic hydroxyl groups excluding tert-OH is 1. The maximum Gasteiger partial charge on any atom is 0.263 e. The van der Waals surface area contributed by atoms with Crippen molar-refractivity contribution in [2.75, 3.05) is 6.61 Å². The van der Waals surface area contributed by atoms with Gasteiger partial charge >= 0.3 is 0 Å². The maximum atomic E-state index is 12.1. The molecular formula is C9H11F2NO. The summed E-state index contributed by atoms with van der Waals surface area (Å²) in [6.45, 7) is -0.186.